The molecule has 1 aliphatic heterocycles. The van der Waals surface area contributed by atoms with Gasteiger partial charge in [-0.1, -0.05) is 24.3 Å². The van der Waals surface area contributed by atoms with Crippen molar-refractivity contribution in [3.8, 4) is 5.75 Å². The van der Waals surface area contributed by atoms with Crippen molar-refractivity contribution in [2.24, 2.45) is 0 Å². The van der Waals surface area contributed by atoms with E-state index in [9.17, 15) is 18.0 Å². The molecule has 26 heavy (non-hydrogen) atoms. The summed E-state index contributed by atoms with van der Waals surface area (Å²) >= 11 is 1.45. The van der Waals surface area contributed by atoms with Crippen molar-refractivity contribution in [3.05, 3.63) is 65.5 Å². The normalized spacial score (nSPS) is 16.5. The fraction of sp³-hybridized carbons (Fsp3) is 0.211. The van der Waals surface area contributed by atoms with Gasteiger partial charge in [0.25, 0.3) is 0 Å². The molecule has 1 atom stereocenters. The van der Waals surface area contributed by atoms with Crippen LogP contribution in [0.15, 0.2) is 53.4 Å². The van der Waals surface area contributed by atoms with Crippen LogP contribution in [0.2, 0.25) is 0 Å². The number of carbonyl (C=O) groups is 1. The second kappa shape index (κ2) is 8.31. The number of benzene rings is 2. The second-order valence-corrected chi connectivity index (χ2v) is 6.74. The highest BCUT2D eigenvalue weighted by molar-refractivity contribution is 7.99. The van der Waals surface area contributed by atoms with E-state index in [-0.39, 0.29) is 23.5 Å². The van der Waals surface area contributed by atoms with Gasteiger partial charge in [0.1, 0.15) is 11.6 Å². The van der Waals surface area contributed by atoms with Gasteiger partial charge in [-0.15, -0.1) is 11.8 Å². The van der Waals surface area contributed by atoms with Crippen LogP contribution in [0.25, 0.3) is 6.08 Å². The lowest BCUT2D eigenvalue weighted by Crippen LogP contribution is -2.29. The zero-order chi connectivity index (χ0) is 18.5. The van der Waals surface area contributed by atoms with Gasteiger partial charge in [-0.05, 0) is 41.8 Å². The Kier molecular flexibility index (Phi) is 5.88. The molecule has 1 aliphatic rings. The van der Waals surface area contributed by atoms with Crippen molar-refractivity contribution >= 4 is 23.7 Å². The Balaban J connectivity index is 1.63. The summed E-state index contributed by atoms with van der Waals surface area (Å²) in [4.78, 5) is 12.8. The standard InChI is InChI=1S/C19H16F3NO2S/c20-15-3-1-2-14-16(10-11-26-18(14)15)23-17(24)9-6-12-4-7-13(8-5-12)25-19(21)22/h1-9,16,19H,10-11H2,(H,23,24)/b9-6+. The number of hydrogen-bond donors (Lipinski definition) is 1. The van der Waals surface area contributed by atoms with Crippen LogP contribution in [-0.4, -0.2) is 18.3 Å². The summed E-state index contributed by atoms with van der Waals surface area (Å²) in [6.45, 7) is -2.87. The molecule has 1 amide bonds. The molecule has 0 saturated heterocycles. The fourth-order valence-electron chi connectivity index (χ4n) is 2.69. The van der Waals surface area contributed by atoms with Gasteiger partial charge in [-0.2, -0.15) is 8.78 Å². The smallest absolute Gasteiger partial charge is 0.387 e. The van der Waals surface area contributed by atoms with Gasteiger partial charge >= 0.3 is 6.61 Å². The number of amides is 1. The number of hydrogen-bond acceptors (Lipinski definition) is 3. The van der Waals surface area contributed by atoms with Gasteiger partial charge in [0, 0.05) is 16.7 Å². The minimum Gasteiger partial charge on any atom is -0.435 e. The molecule has 1 heterocycles. The first kappa shape index (κ1) is 18.4. The van der Waals surface area contributed by atoms with Gasteiger partial charge < -0.3 is 10.1 Å². The van der Waals surface area contributed by atoms with E-state index in [1.54, 1.807) is 24.3 Å². The fourth-order valence-corrected chi connectivity index (χ4v) is 3.83. The summed E-state index contributed by atoms with van der Waals surface area (Å²) in [6.07, 6.45) is 3.66. The Morgan fingerprint density at radius 2 is 2.00 bits per heavy atom. The Morgan fingerprint density at radius 1 is 1.23 bits per heavy atom. The molecule has 7 heteroatoms. The third-order valence-corrected chi connectivity index (χ3v) is 5.03. The van der Waals surface area contributed by atoms with E-state index < -0.39 is 6.61 Å². The summed E-state index contributed by atoms with van der Waals surface area (Å²) in [5.74, 6) is 0.215. The molecule has 0 aromatic heterocycles. The van der Waals surface area contributed by atoms with Crippen LogP contribution in [-0.2, 0) is 4.79 Å². The first-order valence-electron chi connectivity index (χ1n) is 7.97. The number of nitrogens with one attached hydrogen (secondary N) is 1. The average molecular weight is 379 g/mol. The minimum absolute atomic E-state index is 0.0555. The number of halogens is 3. The molecule has 1 N–H and O–H groups in total. The van der Waals surface area contributed by atoms with Crippen molar-refractivity contribution in [3.63, 3.8) is 0 Å². The summed E-state index contributed by atoms with van der Waals surface area (Å²) in [7, 11) is 0. The molecular weight excluding hydrogens is 363 g/mol. The molecule has 136 valence electrons. The van der Waals surface area contributed by atoms with Gasteiger partial charge in [0.05, 0.1) is 6.04 Å². The quantitative estimate of drug-likeness (QED) is 0.759. The highest BCUT2D eigenvalue weighted by atomic mass is 32.2. The minimum atomic E-state index is -2.87. The SMILES string of the molecule is O=C(/C=C/c1ccc(OC(F)F)cc1)NC1CCSc2c(F)cccc21. The third kappa shape index (κ3) is 4.60. The zero-order valence-electron chi connectivity index (χ0n) is 13.6. The van der Waals surface area contributed by atoms with Crippen molar-refractivity contribution in [1.29, 1.82) is 0 Å². The molecule has 3 nitrogen and oxygen atoms in total. The molecule has 0 saturated carbocycles. The summed E-state index contributed by atoms with van der Waals surface area (Å²) in [5.41, 5.74) is 1.46. The van der Waals surface area contributed by atoms with Gasteiger partial charge in [-0.3, -0.25) is 4.79 Å². The largest absolute Gasteiger partial charge is 0.435 e. The zero-order valence-corrected chi connectivity index (χ0v) is 14.4. The molecule has 0 aliphatic carbocycles. The number of alkyl halides is 2. The third-order valence-electron chi connectivity index (χ3n) is 3.87. The predicted octanol–water partition coefficient (Wildman–Crippen LogP) is 4.79. The van der Waals surface area contributed by atoms with Crippen molar-refractivity contribution in [2.45, 2.75) is 24.0 Å². The maximum Gasteiger partial charge on any atom is 0.387 e. The predicted molar refractivity (Wildman–Crippen MR) is 94.7 cm³/mol. The van der Waals surface area contributed by atoms with Crippen LogP contribution >= 0.6 is 11.8 Å². The Bertz CT molecular complexity index is 809. The maximum atomic E-state index is 13.9. The molecule has 0 fully saturated rings. The van der Waals surface area contributed by atoms with Crippen molar-refractivity contribution < 1.29 is 22.7 Å². The number of thioether (sulfide) groups is 1. The molecule has 0 bridgehead atoms. The second-order valence-electron chi connectivity index (χ2n) is 5.64. The summed E-state index contributed by atoms with van der Waals surface area (Å²) in [6, 6.07) is 10.6. The molecular formula is C19H16F3NO2S. The molecule has 1 unspecified atom stereocenters. The van der Waals surface area contributed by atoms with Crippen LogP contribution < -0.4 is 10.1 Å². The molecule has 2 aromatic carbocycles. The number of ether oxygens (including phenoxy) is 1. The highest BCUT2D eigenvalue weighted by Crippen LogP contribution is 2.37. The summed E-state index contributed by atoms with van der Waals surface area (Å²) in [5, 5.41) is 2.88. The lowest BCUT2D eigenvalue weighted by Gasteiger charge is -2.25. The van der Waals surface area contributed by atoms with Crippen LogP contribution in [0.3, 0.4) is 0 Å². The average Bonchev–Trinajstić information content (AvgIpc) is 2.62. The van der Waals surface area contributed by atoms with E-state index in [1.807, 2.05) is 6.07 Å². The maximum absolute atomic E-state index is 13.9. The lowest BCUT2D eigenvalue weighted by atomic mass is 10.0. The first-order valence-corrected chi connectivity index (χ1v) is 8.96. The summed E-state index contributed by atoms with van der Waals surface area (Å²) < 4.78 is 42.4. The molecule has 0 radical (unpaired) electrons. The molecule has 3 rings (SSSR count). The topological polar surface area (TPSA) is 38.3 Å². The van der Waals surface area contributed by atoms with Gasteiger partial charge in [0.2, 0.25) is 5.91 Å². The molecule has 0 spiro atoms. The lowest BCUT2D eigenvalue weighted by molar-refractivity contribution is -0.117. The van der Waals surface area contributed by atoms with Gasteiger partial charge in [0.15, 0.2) is 0 Å². The Hall–Kier alpha value is -2.41. The highest BCUT2D eigenvalue weighted by Gasteiger charge is 2.23. The van der Waals surface area contributed by atoms with E-state index >= 15 is 0 Å². The Labute approximate surface area is 153 Å². The van der Waals surface area contributed by atoms with Crippen molar-refractivity contribution in [2.75, 3.05) is 5.75 Å². The first-order chi connectivity index (χ1) is 12.5. The van der Waals surface area contributed by atoms with E-state index in [2.05, 4.69) is 10.1 Å². The van der Waals surface area contributed by atoms with E-state index in [0.717, 1.165) is 17.7 Å². The number of fused-ring (bicyclic) bond motifs is 1. The van der Waals surface area contributed by atoms with E-state index in [1.165, 1.54) is 36.0 Å². The van der Waals surface area contributed by atoms with Crippen LogP contribution in [0, 0.1) is 5.82 Å². The van der Waals surface area contributed by atoms with Gasteiger partial charge in [-0.25, -0.2) is 4.39 Å². The van der Waals surface area contributed by atoms with E-state index in [0.29, 0.717) is 10.5 Å². The van der Waals surface area contributed by atoms with Crippen molar-refractivity contribution in [1.82, 2.24) is 5.32 Å². The Morgan fingerprint density at radius 3 is 2.73 bits per heavy atom. The van der Waals surface area contributed by atoms with Crippen LogP contribution in [0.4, 0.5) is 13.2 Å². The number of carbonyl (C=O) groups excluding carboxylic acids is 1. The van der Waals surface area contributed by atoms with Crippen LogP contribution in [0.5, 0.6) is 5.75 Å². The number of rotatable bonds is 5. The molecule has 2 aromatic rings. The monoisotopic (exact) mass is 379 g/mol. The van der Waals surface area contributed by atoms with E-state index in [4.69, 9.17) is 0 Å². The van der Waals surface area contributed by atoms with Crippen LogP contribution in [0.1, 0.15) is 23.6 Å².